The second-order valence-corrected chi connectivity index (χ2v) is 4.18. The molecule has 0 spiro atoms. The number of H-pyrrole nitrogens is 1. The standard InChI is InChI=1S/C10H10BrN3O/c11-9-1-7(3-12-6-9)2-10(15)8-4-13-14-5-8/h1,3-6,10,15H,2H2,(H,13,14). The number of aromatic nitrogens is 3. The zero-order valence-corrected chi connectivity index (χ0v) is 9.48. The number of pyridine rings is 1. The van der Waals surface area contributed by atoms with Gasteiger partial charge in [0.25, 0.3) is 0 Å². The van der Waals surface area contributed by atoms with Crippen LogP contribution in [0.15, 0.2) is 35.3 Å². The van der Waals surface area contributed by atoms with Crippen LogP contribution >= 0.6 is 15.9 Å². The monoisotopic (exact) mass is 267 g/mol. The van der Waals surface area contributed by atoms with E-state index in [9.17, 15) is 5.11 Å². The van der Waals surface area contributed by atoms with Gasteiger partial charge in [0.15, 0.2) is 0 Å². The van der Waals surface area contributed by atoms with Gasteiger partial charge in [-0.1, -0.05) is 0 Å². The Kier molecular flexibility index (Phi) is 3.13. The number of aliphatic hydroxyl groups excluding tert-OH is 1. The minimum Gasteiger partial charge on any atom is -0.388 e. The Bertz CT molecular complexity index is 430. The lowest BCUT2D eigenvalue weighted by molar-refractivity contribution is 0.178. The maximum Gasteiger partial charge on any atom is 0.0861 e. The van der Waals surface area contributed by atoms with Crippen LogP contribution in [0.1, 0.15) is 17.2 Å². The van der Waals surface area contributed by atoms with Crippen molar-refractivity contribution in [3.8, 4) is 0 Å². The summed E-state index contributed by atoms with van der Waals surface area (Å²) in [5, 5.41) is 16.3. The second kappa shape index (κ2) is 4.55. The van der Waals surface area contributed by atoms with Crippen LogP contribution in [0.4, 0.5) is 0 Å². The zero-order chi connectivity index (χ0) is 10.7. The van der Waals surface area contributed by atoms with Crippen molar-refractivity contribution in [2.75, 3.05) is 0 Å². The highest BCUT2D eigenvalue weighted by molar-refractivity contribution is 9.10. The van der Waals surface area contributed by atoms with Gasteiger partial charge in [-0.15, -0.1) is 0 Å². The van der Waals surface area contributed by atoms with E-state index in [-0.39, 0.29) is 0 Å². The van der Waals surface area contributed by atoms with E-state index in [0.717, 1.165) is 15.6 Å². The minimum atomic E-state index is -0.542. The van der Waals surface area contributed by atoms with Crippen molar-refractivity contribution in [3.05, 3.63) is 46.5 Å². The topological polar surface area (TPSA) is 61.8 Å². The molecule has 2 aromatic heterocycles. The summed E-state index contributed by atoms with van der Waals surface area (Å²) < 4.78 is 0.916. The molecular formula is C10H10BrN3O. The molecule has 2 aromatic rings. The van der Waals surface area contributed by atoms with Crippen LogP contribution in [0.3, 0.4) is 0 Å². The highest BCUT2D eigenvalue weighted by atomic mass is 79.9. The summed E-state index contributed by atoms with van der Waals surface area (Å²) in [6, 6.07) is 1.94. The average Bonchev–Trinajstić information content (AvgIpc) is 2.70. The molecule has 0 aliphatic heterocycles. The molecule has 78 valence electrons. The molecule has 0 aliphatic rings. The summed E-state index contributed by atoms with van der Waals surface area (Å²) in [6.45, 7) is 0. The predicted octanol–water partition coefficient (Wildman–Crippen LogP) is 1.84. The summed E-state index contributed by atoms with van der Waals surface area (Å²) in [5.74, 6) is 0. The first-order valence-electron chi connectivity index (χ1n) is 4.52. The number of hydrogen-bond donors (Lipinski definition) is 2. The number of aromatic amines is 1. The van der Waals surface area contributed by atoms with E-state index < -0.39 is 6.10 Å². The second-order valence-electron chi connectivity index (χ2n) is 3.26. The third-order valence-electron chi connectivity index (χ3n) is 2.09. The maximum atomic E-state index is 9.85. The maximum absolute atomic E-state index is 9.85. The SMILES string of the molecule is OC(Cc1cncc(Br)c1)c1cn[nH]c1. The van der Waals surface area contributed by atoms with Gasteiger partial charge in [0, 0.05) is 35.0 Å². The molecule has 2 N–H and O–H groups in total. The molecule has 1 atom stereocenters. The van der Waals surface area contributed by atoms with Crippen molar-refractivity contribution in [2.24, 2.45) is 0 Å². The molecule has 0 aliphatic carbocycles. The molecule has 0 amide bonds. The zero-order valence-electron chi connectivity index (χ0n) is 7.89. The summed E-state index contributed by atoms with van der Waals surface area (Å²) in [5.41, 5.74) is 1.77. The molecule has 2 heterocycles. The first-order valence-corrected chi connectivity index (χ1v) is 5.31. The number of rotatable bonds is 3. The van der Waals surface area contributed by atoms with Crippen LogP contribution in [0, 0.1) is 0 Å². The molecule has 0 radical (unpaired) electrons. The van der Waals surface area contributed by atoms with Gasteiger partial charge < -0.3 is 5.11 Å². The molecule has 5 heteroatoms. The van der Waals surface area contributed by atoms with Gasteiger partial charge in [-0.25, -0.2) is 0 Å². The first-order chi connectivity index (χ1) is 7.25. The van der Waals surface area contributed by atoms with Crippen LogP contribution in [-0.2, 0) is 6.42 Å². The number of aliphatic hydroxyl groups is 1. The van der Waals surface area contributed by atoms with E-state index in [1.807, 2.05) is 6.07 Å². The van der Waals surface area contributed by atoms with Gasteiger partial charge >= 0.3 is 0 Å². The largest absolute Gasteiger partial charge is 0.388 e. The van der Waals surface area contributed by atoms with Crippen molar-refractivity contribution in [2.45, 2.75) is 12.5 Å². The fourth-order valence-electron chi connectivity index (χ4n) is 1.35. The van der Waals surface area contributed by atoms with Crippen LogP contribution in [0.2, 0.25) is 0 Å². The molecule has 2 rings (SSSR count). The minimum absolute atomic E-state index is 0.534. The van der Waals surface area contributed by atoms with Gasteiger partial charge in [0.05, 0.1) is 12.3 Å². The van der Waals surface area contributed by atoms with E-state index in [1.165, 1.54) is 0 Å². The van der Waals surface area contributed by atoms with E-state index in [2.05, 4.69) is 31.1 Å². The van der Waals surface area contributed by atoms with E-state index in [4.69, 9.17) is 0 Å². The lowest BCUT2D eigenvalue weighted by Gasteiger charge is -2.07. The highest BCUT2D eigenvalue weighted by Gasteiger charge is 2.09. The Labute approximate surface area is 95.5 Å². The molecule has 0 fully saturated rings. The molecule has 0 saturated carbocycles. The molecule has 0 bridgehead atoms. The Balaban J connectivity index is 2.09. The van der Waals surface area contributed by atoms with Crippen molar-refractivity contribution in [1.29, 1.82) is 0 Å². The fraction of sp³-hybridized carbons (Fsp3) is 0.200. The fourth-order valence-corrected chi connectivity index (χ4v) is 1.76. The van der Waals surface area contributed by atoms with Gasteiger partial charge in [-0.2, -0.15) is 5.10 Å². The Morgan fingerprint density at radius 1 is 1.40 bits per heavy atom. The van der Waals surface area contributed by atoms with Gasteiger partial charge in [-0.3, -0.25) is 10.1 Å². The summed E-state index contributed by atoms with van der Waals surface area (Å²) in [6.07, 6.45) is 6.76. The van der Waals surface area contributed by atoms with E-state index in [1.54, 1.807) is 24.8 Å². The van der Waals surface area contributed by atoms with E-state index in [0.29, 0.717) is 6.42 Å². The third-order valence-corrected chi connectivity index (χ3v) is 2.53. The number of halogens is 1. The van der Waals surface area contributed by atoms with Crippen LogP contribution in [0.25, 0.3) is 0 Å². The number of nitrogens with zero attached hydrogens (tertiary/aromatic N) is 2. The summed E-state index contributed by atoms with van der Waals surface area (Å²) in [7, 11) is 0. The van der Waals surface area contributed by atoms with Crippen LogP contribution < -0.4 is 0 Å². The van der Waals surface area contributed by atoms with E-state index >= 15 is 0 Å². The van der Waals surface area contributed by atoms with Crippen molar-refractivity contribution in [1.82, 2.24) is 15.2 Å². The third kappa shape index (κ3) is 2.64. The smallest absolute Gasteiger partial charge is 0.0861 e. The quantitative estimate of drug-likeness (QED) is 0.892. The molecule has 0 aromatic carbocycles. The van der Waals surface area contributed by atoms with Crippen LogP contribution in [0.5, 0.6) is 0 Å². The summed E-state index contributed by atoms with van der Waals surface area (Å²) in [4.78, 5) is 4.04. The first kappa shape index (κ1) is 10.3. The predicted molar refractivity (Wildman–Crippen MR) is 59.2 cm³/mol. The van der Waals surface area contributed by atoms with Gasteiger partial charge in [-0.05, 0) is 27.6 Å². The lowest BCUT2D eigenvalue weighted by Crippen LogP contribution is -2.00. The molecule has 0 saturated heterocycles. The molecular weight excluding hydrogens is 258 g/mol. The Morgan fingerprint density at radius 3 is 2.93 bits per heavy atom. The number of hydrogen-bond acceptors (Lipinski definition) is 3. The number of nitrogens with one attached hydrogen (secondary N) is 1. The van der Waals surface area contributed by atoms with Gasteiger partial charge in [0.2, 0.25) is 0 Å². The van der Waals surface area contributed by atoms with Crippen molar-refractivity contribution in [3.63, 3.8) is 0 Å². The average molecular weight is 268 g/mol. The highest BCUT2D eigenvalue weighted by Crippen LogP contribution is 2.18. The van der Waals surface area contributed by atoms with Crippen LogP contribution in [-0.4, -0.2) is 20.3 Å². The molecule has 1 unspecified atom stereocenters. The molecule has 4 nitrogen and oxygen atoms in total. The lowest BCUT2D eigenvalue weighted by atomic mass is 10.1. The van der Waals surface area contributed by atoms with Crippen molar-refractivity contribution >= 4 is 15.9 Å². The van der Waals surface area contributed by atoms with Crippen molar-refractivity contribution < 1.29 is 5.11 Å². The normalized spacial score (nSPS) is 12.7. The van der Waals surface area contributed by atoms with Gasteiger partial charge in [0.1, 0.15) is 0 Å². The Morgan fingerprint density at radius 2 is 2.27 bits per heavy atom. The summed E-state index contributed by atoms with van der Waals surface area (Å²) >= 11 is 3.34. The Hall–Kier alpha value is -1.20. The molecule has 15 heavy (non-hydrogen) atoms.